The Morgan fingerprint density at radius 1 is 1.30 bits per heavy atom. The van der Waals surface area contributed by atoms with Crippen LogP contribution < -0.4 is 4.74 Å². The molecule has 4 rings (SSSR count). The number of rotatable bonds is 5. The SMILES string of the molecule is CC1(C)CC1C(=O)N1CCC(COc2ccc(C3CC3)nn2)C1. The van der Waals surface area contributed by atoms with Crippen LogP contribution in [0.25, 0.3) is 0 Å². The van der Waals surface area contributed by atoms with E-state index in [-0.39, 0.29) is 11.3 Å². The van der Waals surface area contributed by atoms with Crippen LogP contribution >= 0.6 is 0 Å². The van der Waals surface area contributed by atoms with Crippen molar-refractivity contribution in [2.45, 2.75) is 45.4 Å². The van der Waals surface area contributed by atoms with Gasteiger partial charge in [0.15, 0.2) is 0 Å². The van der Waals surface area contributed by atoms with Gasteiger partial charge in [-0.15, -0.1) is 5.10 Å². The quantitative estimate of drug-likeness (QED) is 0.838. The first-order valence-electron chi connectivity index (χ1n) is 8.78. The highest BCUT2D eigenvalue weighted by Crippen LogP contribution is 2.52. The Morgan fingerprint density at radius 2 is 2.09 bits per heavy atom. The first-order chi connectivity index (χ1) is 11.0. The summed E-state index contributed by atoms with van der Waals surface area (Å²) in [6, 6.07) is 3.95. The van der Waals surface area contributed by atoms with E-state index in [1.807, 2.05) is 17.0 Å². The zero-order valence-electron chi connectivity index (χ0n) is 14.0. The summed E-state index contributed by atoms with van der Waals surface area (Å²) in [5.41, 5.74) is 1.30. The van der Waals surface area contributed by atoms with E-state index in [0.29, 0.717) is 30.2 Å². The van der Waals surface area contributed by atoms with E-state index in [4.69, 9.17) is 4.74 Å². The Hall–Kier alpha value is -1.65. The number of amides is 1. The molecule has 2 atom stereocenters. The van der Waals surface area contributed by atoms with Crippen molar-refractivity contribution in [1.29, 1.82) is 0 Å². The lowest BCUT2D eigenvalue weighted by Crippen LogP contribution is -2.31. The number of aromatic nitrogens is 2. The average Bonchev–Trinajstić information content (AvgIpc) is 3.43. The van der Waals surface area contributed by atoms with Crippen LogP contribution in [0.5, 0.6) is 5.88 Å². The Balaban J connectivity index is 1.25. The fourth-order valence-corrected chi connectivity index (χ4v) is 3.49. The van der Waals surface area contributed by atoms with Gasteiger partial charge in [-0.25, -0.2) is 0 Å². The molecule has 0 aromatic carbocycles. The molecule has 2 aliphatic carbocycles. The topological polar surface area (TPSA) is 55.3 Å². The molecular formula is C18H25N3O2. The molecule has 124 valence electrons. The molecule has 1 aliphatic heterocycles. The standard InChI is InChI=1S/C18H25N3O2/c1-18(2)9-14(18)17(22)21-8-7-12(10-21)11-23-16-6-5-15(19-20-16)13-3-4-13/h5-6,12-14H,3-4,7-11H2,1-2H3. The van der Waals surface area contributed by atoms with Crippen LogP contribution in [-0.4, -0.2) is 40.7 Å². The Morgan fingerprint density at radius 3 is 2.70 bits per heavy atom. The predicted octanol–water partition coefficient (Wildman–Crippen LogP) is 2.63. The molecular weight excluding hydrogens is 290 g/mol. The third-order valence-corrected chi connectivity index (χ3v) is 5.53. The van der Waals surface area contributed by atoms with Gasteiger partial charge in [0.1, 0.15) is 0 Å². The maximum absolute atomic E-state index is 12.4. The van der Waals surface area contributed by atoms with Gasteiger partial charge in [-0.05, 0) is 37.2 Å². The second-order valence-corrected chi connectivity index (χ2v) is 8.07. The van der Waals surface area contributed by atoms with Gasteiger partial charge in [-0.1, -0.05) is 13.8 Å². The summed E-state index contributed by atoms with van der Waals surface area (Å²) in [6.45, 7) is 6.66. The first kappa shape index (κ1) is 14.9. The minimum Gasteiger partial charge on any atom is -0.476 e. The maximum Gasteiger partial charge on any atom is 0.233 e. The Kier molecular flexibility index (Phi) is 3.54. The highest BCUT2D eigenvalue weighted by Gasteiger charge is 2.52. The molecule has 1 amide bonds. The van der Waals surface area contributed by atoms with Gasteiger partial charge in [-0.3, -0.25) is 4.79 Å². The second-order valence-electron chi connectivity index (χ2n) is 8.07. The van der Waals surface area contributed by atoms with E-state index in [2.05, 4.69) is 24.0 Å². The van der Waals surface area contributed by atoms with Crippen LogP contribution in [0.1, 0.15) is 51.1 Å². The van der Waals surface area contributed by atoms with Crippen LogP contribution in [0, 0.1) is 17.3 Å². The number of carbonyl (C=O) groups excluding carboxylic acids is 1. The molecule has 1 aromatic rings. The summed E-state index contributed by atoms with van der Waals surface area (Å²) in [4.78, 5) is 14.4. The van der Waals surface area contributed by atoms with Crippen molar-refractivity contribution in [2.24, 2.45) is 17.3 Å². The Labute approximate surface area is 137 Å². The van der Waals surface area contributed by atoms with Crippen molar-refractivity contribution in [3.8, 4) is 5.88 Å². The van der Waals surface area contributed by atoms with Gasteiger partial charge in [0.05, 0.1) is 12.3 Å². The monoisotopic (exact) mass is 315 g/mol. The molecule has 0 radical (unpaired) electrons. The van der Waals surface area contributed by atoms with Crippen molar-refractivity contribution in [3.63, 3.8) is 0 Å². The van der Waals surface area contributed by atoms with Crippen LogP contribution in [0.2, 0.25) is 0 Å². The third kappa shape index (κ3) is 3.19. The minimum atomic E-state index is 0.213. The molecule has 0 spiro atoms. The average molecular weight is 315 g/mol. The molecule has 2 unspecified atom stereocenters. The fraction of sp³-hybridized carbons (Fsp3) is 0.722. The molecule has 1 saturated heterocycles. The zero-order chi connectivity index (χ0) is 16.0. The highest BCUT2D eigenvalue weighted by atomic mass is 16.5. The molecule has 2 saturated carbocycles. The smallest absolute Gasteiger partial charge is 0.233 e. The lowest BCUT2D eigenvalue weighted by molar-refractivity contribution is -0.132. The Bertz CT molecular complexity index is 595. The summed E-state index contributed by atoms with van der Waals surface area (Å²) >= 11 is 0. The van der Waals surface area contributed by atoms with Crippen LogP contribution in [0.15, 0.2) is 12.1 Å². The van der Waals surface area contributed by atoms with Crippen molar-refractivity contribution in [3.05, 3.63) is 17.8 Å². The van der Waals surface area contributed by atoms with E-state index in [9.17, 15) is 4.79 Å². The molecule has 0 bridgehead atoms. The van der Waals surface area contributed by atoms with E-state index in [1.54, 1.807) is 0 Å². The normalized spacial score (nSPS) is 28.7. The number of hydrogen-bond acceptors (Lipinski definition) is 4. The lowest BCUT2D eigenvalue weighted by atomic mass is 10.1. The summed E-state index contributed by atoms with van der Waals surface area (Å²) in [5, 5.41) is 8.40. The van der Waals surface area contributed by atoms with Gasteiger partial charge in [-0.2, -0.15) is 5.10 Å². The lowest BCUT2D eigenvalue weighted by Gasteiger charge is -2.17. The van der Waals surface area contributed by atoms with E-state index in [1.165, 1.54) is 12.8 Å². The fourth-order valence-electron chi connectivity index (χ4n) is 3.49. The van der Waals surface area contributed by atoms with E-state index in [0.717, 1.165) is 31.6 Å². The first-order valence-corrected chi connectivity index (χ1v) is 8.78. The van der Waals surface area contributed by atoms with Crippen molar-refractivity contribution in [2.75, 3.05) is 19.7 Å². The van der Waals surface area contributed by atoms with Crippen LogP contribution in [0.4, 0.5) is 0 Å². The van der Waals surface area contributed by atoms with Gasteiger partial charge >= 0.3 is 0 Å². The summed E-state index contributed by atoms with van der Waals surface area (Å²) < 4.78 is 5.78. The predicted molar refractivity (Wildman–Crippen MR) is 86.1 cm³/mol. The number of nitrogens with zero attached hydrogens (tertiary/aromatic N) is 3. The number of hydrogen-bond donors (Lipinski definition) is 0. The van der Waals surface area contributed by atoms with E-state index >= 15 is 0 Å². The second kappa shape index (κ2) is 5.46. The van der Waals surface area contributed by atoms with Gasteiger partial charge < -0.3 is 9.64 Å². The molecule has 5 nitrogen and oxygen atoms in total. The zero-order valence-corrected chi connectivity index (χ0v) is 14.0. The third-order valence-electron chi connectivity index (χ3n) is 5.53. The van der Waals surface area contributed by atoms with Gasteiger partial charge in [0.2, 0.25) is 11.8 Å². The molecule has 5 heteroatoms. The molecule has 3 fully saturated rings. The van der Waals surface area contributed by atoms with Crippen LogP contribution in [0.3, 0.4) is 0 Å². The van der Waals surface area contributed by atoms with Crippen molar-refractivity contribution in [1.82, 2.24) is 15.1 Å². The number of ether oxygens (including phenoxy) is 1. The van der Waals surface area contributed by atoms with Gasteiger partial charge in [0.25, 0.3) is 0 Å². The maximum atomic E-state index is 12.4. The molecule has 3 aliphatic rings. The summed E-state index contributed by atoms with van der Waals surface area (Å²) in [7, 11) is 0. The van der Waals surface area contributed by atoms with Crippen LogP contribution in [-0.2, 0) is 4.79 Å². The summed E-state index contributed by atoms with van der Waals surface area (Å²) in [6.07, 6.45) is 4.52. The van der Waals surface area contributed by atoms with Crippen molar-refractivity contribution >= 4 is 5.91 Å². The number of likely N-dealkylation sites (tertiary alicyclic amines) is 1. The van der Waals surface area contributed by atoms with Crippen molar-refractivity contribution < 1.29 is 9.53 Å². The van der Waals surface area contributed by atoms with E-state index < -0.39 is 0 Å². The largest absolute Gasteiger partial charge is 0.476 e. The molecule has 2 heterocycles. The molecule has 23 heavy (non-hydrogen) atoms. The highest BCUT2D eigenvalue weighted by molar-refractivity contribution is 5.82. The van der Waals surface area contributed by atoms with Gasteiger partial charge in [0, 0.05) is 36.9 Å². The number of carbonyl (C=O) groups is 1. The molecule has 1 aromatic heterocycles. The summed E-state index contributed by atoms with van der Waals surface area (Å²) in [5.74, 6) is 2.21. The minimum absolute atomic E-state index is 0.213. The molecule has 0 N–H and O–H groups in total.